The second kappa shape index (κ2) is 3.95. The summed E-state index contributed by atoms with van der Waals surface area (Å²) in [4.78, 5) is 0. The molecule has 0 atom stereocenters. The maximum atomic E-state index is 9.54. The van der Waals surface area contributed by atoms with Crippen molar-refractivity contribution in [3.8, 4) is 0 Å². The SMILES string of the molecule is CC(C)(O)CNC1(CO)CCCC1. The van der Waals surface area contributed by atoms with Crippen LogP contribution in [0.3, 0.4) is 0 Å². The van der Waals surface area contributed by atoms with E-state index in [1.165, 1.54) is 12.8 Å². The van der Waals surface area contributed by atoms with Crippen LogP contribution in [0.1, 0.15) is 39.5 Å². The average molecular weight is 187 g/mol. The van der Waals surface area contributed by atoms with E-state index in [1.54, 1.807) is 13.8 Å². The highest BCUT2D eigenvalue weighted by atomic mass is 16.3. The molecule has 1 saturated carbocycles. The van der Waals surface area contributed by atoms with E-state index in [1.807, 2.05) is 0 Å². The van der Waals surface area contributed by atoms with Crippen molar-refractivity contribution in [3.63, 3.8) is 0 Å². The molecule has 0 spiro atoms. The Labute approximate surface area is 80.2 Å². The van der Waals surface area contributed by atoms with Crippen molar-refractivity contribution in [2.24, 2.45) is 0 Å². The second-order valence-electron chi connectivity index (χ2n) is 4.81. The van der Waals surface area contributed by atoms with Gasteiger partial charge in [0.1, 0.15) is 0 Å². The first-order chi connectivity index (χ1) is 5.97. The normalized spacial score (nSPS) is 22.2. The lowest BCUT2D eigenvalue weighted by Crippen LogP contribution is -2.51. The van der Waals surface area contributed by atoms with Crippen molar-refractivity contribution in [1.29, 1.82) is 0 Å². The molecule has 1 fully saturated rings. The molecule has 0 heterocycles. The molecule has 0 amide bonds. The molecule has 0 unspecified atom stereocenters. The van der Waals surface area contributed by atoms with E-state index in [0.29, 0.717) is 6.54 Å². The molecule has 3 N–H and O–H groups in total. The summed E-state index contributed by atoms with van der Waals surface area (Å²) in [7, 11) is 0. The van der Waals surface area contributed by atoms with Crippen molar-refractivity contribution in [2.45, 2.75) is 50.7 Å². The van der Waals surface area contributed by atoms with Crippen LogP contribution >= 0.6 is 0 Å². The molecule has 3 nitrogen and oxygen atoms in total. The summed E-state index contributed by atoms with van der Waals surface area (Å²) >= 11 is 0. The molecule has 0 bridgehead atoms. The largest absolute Gasteiger partial charge is 0.394 e. The van der Waals surface area contributed by atoms with Crippen LogP contribution in [0.5, 0.6) is 0 Å². The van der Waals surface area contributed by atoms with Crippen molar-refractivity contribution < 1.29 is 10.2 Å². The third kappa shape index (κ3) is 3.25. The van der Waals surface area contributed by atoms with E-state index in [2.05, 4.69) is 5.32 Å². The minimum absolute atomic E-state index is 0.111. The minimum atomic E-state index is -0.690. The zero-order chi connectivity index (χ0) is 9.95. The maximum absolute atomic E-state index is 9.54. The van der Waals surface area contributed by atoms with Crippen LogP contribution in [-0.4, -0.2) is 34.5 Å². The van der Waals surface area contributed by atoms with Crippen molar-refractivity contribution >= 4 is 0 Å². The number of rotatable bonds is 4. The fourth-order valence-electron chi connectivity index (χ4n) is 1.85. The van der Waals surface area contributed by atoms with Gasteiger partial charge < -0.3 is 15.5 Å². The smallest absolute Gasteiger partial charge is 0.0715 e. The quantitative estimate of drug-likeness (QED) is 0.606. The first kappa shape index (κ1) is 11.0. The third-order valence-electron chi connectivity index (χ3n) is 2.76. The monoisotopic (exact) mass is 187 g/mol. The summed E-state index contributed by atoms with van der Waals surface area (Å²) in [6.07, 6.45) is 4.41. The van der Waals surface area contributed by atoms with Crippen LogP contribution in [-0.2, 0) is 0 Å². The Balaban J connectivity index is 2.40. The molecule has 0 radical (unpaired) electrons. The molecular formula is C10H21NO2. The standard InChI is InChI=1S/C10H21NO2/c1-9(2,13)7-11-10(8-12)5-3-4-6-10/h11-13H,3-8H2,1-2H3. The molecule has 0 aliphatic heterocycles. The number of aliphatic hydroxyl groups excluding tert-OH is 1. The van der Waals surface area contributed by atoms with E-state index in [0.717, 1.165) is 12.8 Å². The lowest BCUT2D eigenvalue weighted by Gasteiger charge is -2.31. The highest BCUT2D eigenvalue weighted by molar-refractivity contribution is 4.93. The van der Waals surface area contributed by atoms with Crippen LogP contribution in [0.25, 0.3) is 0 Å². The molecule has 1 aliphatic rings. The second-order valence-corrected chi connectivity index (χ2v) is 4.81. The molecule has 1 rings (SSSR count). The number of nitrogens with one attached hydrogen (secondary N) is 1. The number of hydrogen-bond donors (Lipinski definition) is 3. The van der Waals surface area contributed by atoms with Crippen LogP contribution in [0.15, 0.2) is 0 Å². The van der Waals surface area contributed by atoms with Gasteiger partial charge in [-0.25, -0.2) is 0 Å². The average Bonchev–Trinajstić information content (AvgIpc) is 2.49. The van der Waals surface area contributed by atoms with Crippen LogP contribution in [0.4, 0.5) is 0 Å². The Kier molecular flexibility index (Phi) is 3.33. The van der Waals surface area contributed by atoms with Gasteiger partial charge in [0.15, 0.2) is 0 Å². The molecule has 0 aromatic heterocycles. The summed E-state index contributed by atoms with van der Waals surface area (Å²) < 4.78 is 0. The van der Waals surface area contributed by atoms with E-state index in [9.17, 15) is 10.2 Å². The highest BCUT2D eigenvalue weighted by Crippen LogP contribution is 2.29. The maximum Gasteiger partial charge on any atom is 0.0715 e. The molecule has 0 saturated heterocycles. The van der Waals surface area contributed by atoms with E-state index >= 15 is 0 Å². The molecular weight excluding hydrogens is 166 g/mol. The molecule has 1 aliphatic carbocycles. The van der Waals surface area contributed by atoms with Gasteiger partial charge in [0, 0.05) is 12.1 Å². The van der Waals surface area contributed by atoms with Gasteiger partial charge in [-0.3, -0.25) is 0 Å². The Morgan fingerprint density at radius 3 is 2.23 bits per heavy atom. The minimum Gasteiger partial charge on any atom is -0.394 e. The van der Waals surface area contributed by atoms with Gasteiger partial charge in [-0.05, 0) is 26.7 Å². The summed E-state index contributed by atoms with van der Waals surface area (Å²) in [5, 5.41) is 22.1. The van der Waals surface area contributed by atoms with Gasteiger partial charge in [-0.2, -0.15) is 0 Å². The predicted molar refractivity (Wildman–Crippen MR) is 52.6 cm³/mol. The van der Waals surface area contributed by atoms with Gasteiger partial charge >= 0.3 is 0 Å². The van der Waals surface area contributed by atoms with E-state index in [-0.39, 0.29) is 12.1 Å². The lowest BCUT2D eigenvalue weighted by atomic mass is 9.97. The summed E-state index contributed by atoms with van der Waals surface area (Å²) in [5.74, 6) is 0. The van der Waals surface area contributed by atoms with Gasteiger partial charge in [-0.15, -0.1) is 0 Å². The summed E-state index contributed by atoms with van der Waals surface area (Å²) in [6, 6.07) is 0. The Hall–Kier alpha value is -0.120. The van der Waals surface area contributed by atoms with E-state index in [4.69, 9.17) is 0 Å². The zero-order valence-electron chi connectivity index (χ0n) is 8.64. The van der Waals surface area contributed by atoms with Gasteiger partial charge in [-0.1, -0.05) is 12.8 Å². The highest BCUT2D eigenvalue weighted by Gasteiger charge is 2.33. The molecule has 3 heteroatoms. The number of aliphatic hydroxyl groups is 2. The van der Waals surface area contributed by atoms with E-state index < -0.39 is 5.60 Å². The predicted octanol–water partition coefficient (Wildman–Crippen LogP) is 0.652. The van der Waals surface area contributed by atoms with Crippen molar-refractivity contribution in [2.75, 3.05) is 13.2 Å². The van der Waals surface area contributed by atoms with Gasteiger partial charge in [0.05, 0.1) is 12.2 Å². The fourth-order valence-corrected chi connectivity index (χ4v) is 1.85. The Bertz CT molecular complexity index is 157. The molecule has 0 aromatic rings. The number of β-amino-alcohol motifs (C(OH)–C–C–N with tert-alkyl or cyclic N) is 1. The molecule has 78 valence electrons. The lowest BCUT2D eigenvalue weighted by molar-refractivity contribution is 0.0590. The topological polar surface area (TPSA) is 52.5 Å². The molecule has 0 aromatic carbocycles. The van der Waals surface area contributed by atoms with Crippen LogP contribution < -0.4 is 5.32 Å². The van der Waals surface area contributed by atoms with Crippen LogP contribution in [0, 0.1) is 0 Å². The van der Waals surface area contributed by atoms with Gasteiger partial charge in [0.2, 0.25) is 0 Å². The van der Waals surface area contributed by atoms with Crippen molar-refractivity contribution in [1.82, 2.24) is 5.32 Å². The fraction of sp³-hybridized carbons (Fsp3) is 1.00. The first-order valence-electron chi connectivity index (χ1n) is 5.06. The Morgan fingerprint density at radius 2 is 1.85 bits per heavy atom. The van der Waals surface area contributed by atoms with Gasteiger partial charge in [0.25, 0.3) is 0 Å². The van der Waals surface area contributed by atoms with Crippen LogP contribution in [0.2, 0.25) is 0 Å². The first-order valence-corrected chi connectivity index (χ1v) is 5.06. The zero-order valence-corrected chi connectivity index (χ0v) is 8.64. The Morgan fingerprint density at radius 1 is 1.31 bits per heavy atom. The third-order valence-corrected chi connectivity index (χ3v) is 2.76. The summed E-state index contributed by atoms with van der Waals surface area (Å²) in [6.45, 7) is 4.29. The molecule has 13 heavy (non-hydrogen) atoms. The summed E-state index contributed by atoms with van der Waals surface area (Å²) in [5.41, 5.74) is -0.801. The number of hydrogen-bond acceptors (Lipinski definition) is 3. The van der Waals surface area contributed by atoms with Crippen molar-refractivity contribution in [3.05, 3.63) is 0 Å².